The van der Waals surface area contributed by atoms with Gasteiger partial charge in [-0.15, -0.1) is 0 Å². The molecule has 0 radical (unpaired) electrons. The van der Waals surface area contributed by atoms with E-state index in [1.165, 1.54) is 12.1 Å². The van der Waals surface area contributed by atoms with Crippen LogP contribution in [0, 0.1) is 5.41 Å². The number of hydrogen-bond donors (Lipinski definition) is 3. The Labute approximate surface area is 152 Å². The Morgan fingerprint density at radius 3 is 2.23 bits per heavy atom. The van der Waals surface area contributed by atoms with Gasteiger partial charge in [-0.25, -0.2) is 13.2 Å². The highest BCUT2D eigenvalue weighted by molar-refractivity contribution is 7.90. The maximum Gasteiger partial charge on any atom is 0.335 e. The topological polar surface area (TPSA) is 130 Å². The normalized spacial score (nSPS) is 11.7. The third-order valence-electron chi connectivity index (χ3n) is 3.41. The number of nitrogens with one attached hydrogen (secondary N) is 2. The molecule has 0 aliphatic carbocycles. The number of anilines is 1. The molecular weight excluding hydrogens is 360 g/mol. The number of hydrogen-bond acceptors (Lipinski definition) is 5. The molecule has 0 saturated carbocycles. The highest BCUT2D eigenvalue weighted by atomic mass is 32.2. The summed E-state index contributed by atoms with van der Waals surface area (Å²) in [5, 5.41) is 14.3. The summed E-state index contributed by atoms with van der Waals surface area (Å²) < 4.78 is 23.3. The van der Waals surface area contributed by atoms with E-state index in [0.717, 1.165) is 12.3 Å². The van der Waals surface area contributed by atoms with Crippen LogP contribution in [-0.2, 0) is 19.4 Å². The second-order valence-electron chi connectivity index (χ2n) is 6.98. The highest BCUT2D eigenvalue weighted by Gasteiger charge is 2.20. The van der Waals surface area contributed by atoms with Crippen molar-refractivity contribution in [2.45, 2.75) is 38.5 Å². The first-order valence-corrected chi connectivity index (χ1v) is 9.86. The lowest BCUT2D eigenvalue weighted by Crippen LogP contribution is -2.35. The van der Waals surface area contributed by atoms with Gasteiger partial charge in [0.15, 0.2) is 9.84 Å². The summed E-state index contributed by atoms with van der Waals surface area (Å²) in [5.74, 6) is -1.82. The molecule has 3 N–H and O–H groups in total. The van der Waals surface area contributed by atoms with Gasteiger partial charge < -0.3 is 15.7 Å². The predicted octanol–water partition coefficient (Wildman–Crippen LogP) is 1.67. The molecule has 0 aromatic heterocycles. The molecule has 0 aliphatic rings. The van der Waals surface area contributed by atoms with Gasteiger partial charge in [0.2, 0.25) is 11.8 Å². The molecular formula is C17H24N2O6S. The maximum absolute atomic E-state index is 12.0. The number of benzene rings is 1. The van der Waals surface area contributed by atoms with E-state index in [2.05, 4.69) is 10.6 Å². The summed E-state index contributed by atoms with van der Waals surface area (Å²) in [6, 6.07) is 3.44. The second kappa shape index (κ2) is 8.31. The van der Waals surface area contributed by atoms with Crippen molar-refractivity contribution in [1.29, 1.82) is 0 Å². The summed E-state index contributed by atoms with van der Waals surface area (Å²) in [6.07, 6.45) is 1.44. The highest BCUT2D eigenvalue weighted by Crippen LogP contribution is 2.19. The van der Waals surface area contributed by atoms with Crippen molar-refractivity contribution >= 4 is 33.3 Å². The fraction of sp³-hybridized carbons (Fsp3) is 0.471. The number of carbonyl (C=O) groups excluding carboxylic acids is 2. The number of carboxylic acid groups (broad SMARTS) is 1. The Kier molecular flexibility index (Phi) is 6.91. The zero-order valence-electron chi connectivity index (χ0n) is 15.3. The first kappa shape index (κ1) is 21.6. The average molecular weight is 384 g/mol. The minimum Gasteiger partial charge on any atom is -0.478 e. The second-order valence-corrected chi connectivity index (χ2v) is 9.00. The molecule has 1 aromatic carbocycles. The fourth-order valence-corrected chi connectivity index (χ4v) is 2.63. The third-order valence-corrected chi connectivity index (χ3v) is 4.50. The van der Waals surface area contributed by atoms with E-state index in [1.54, 1.807) is 20.8 Å². The molecule has 0 bridgehead atoms. The van der Waals surface area contributed by atoms with Crippen molar-refractivity contribution in [2.75, 3.05) is 18.1 Å². The first-order valence-electron chi connectivity index (χ1n) is 7.97. The van der Waals surface area contributed by atoms with Crippen LogP contribution in [0.25, 0.3) is 0 Å². The average Bonchev–Trinajstić information content (AvgIpc) is 2.49. The molecule has 0 fully saturated rings. The Hall–Kier alpha value is -2.42. The molecule has 8 nitrogen and oxygen atoms in total. The molecule has 2 amide bonds. The van der Waals surface area contributed by atoms with Crippen LogP contribution in [0.15, 0.2) is 23.1 Å². The summed E-state index contributed by atoms with van der Waals surface area (Å²) >= 11 is 0. The molecule has 0 spiro atoms. The van der Waals surface area contributed by atoms with Crippen LogP contribution in [0.5, 0.6) is 0 Å². The molecule has 9 heteroatoms. The zero-order chi connectivity index (χ0) is 20.1. The van der Waals surface area contributed by atoms with Gasteiger partial charge in [0.1, 0.15) is 0 Å². The van der Waals surface area contributed by atoms with Gasteiger partial charge in [-0.2, -0.15) is 0 Å². The Morgan fingerprint density at radius 1 is 1.12 bits per heavy atom. The van der Waals surface area contributed by atoms with Crippen LogP contribution in [0.1, 0.15) is 44.0 Å². The lowest BCUT2D eigenvalue weighted by molar-refractivity contribution is -0.128. The van der Waals surface area contributed by atoms with E-state index in [9.17, 15) is 22.8 Å². The number of amides is 2. The van der Waals surface area contributed by atoms with Crippen molar-refractivity contribution in [2.24, 2.45) is 5.41 Å². The summed E-state index contributed by atoms with van der Waals surface area (Å²) in [6.45, 7) is 5.67. The van der Waals surface area contributed by atoms with Gasteiger partial charge in [0.25, 0.3) is 0 Å². The van der Waals surface area contributed by atoms with E-state index >= 15 is 0 Å². The lowest BCUT2D eigenvalue weighted by atomic mass is 9.96. The fourth-order valence-electron chi connectivity index (χ4n) is 1.95. The van der Waals surface area contributed by atoms with E-state index in [4.69, 9.17) is 5.11 Å². The molecule has 0 heterocycles. The van der Waals surface area contributed by atoms with Crippen molar-refractivity contribution in [3.05, 3.63) is 23.8 Å². The van der Waals surface area contributed by atoms with E-state index in [0.29, 0.717) is 13.0 Å². The van der Waals surface area contributed by atoms with Crippen LogP contribution in [0.2, 0.25) is 0 Å². The standard InChI is InChI=1S/C17H24N2O6S/c1-17(2,3)16(23)18-7-5-6-14(20)19-12-8-11(15(21)22)9-13(10-12)26(4,24)25/h8-10H,5-7H2,1-4H3,(H,18,23)(H,19,20)(H,21,22). The molecule has 144 valence electrons. The number of rotatable bonds is 7. The van der Waals surface area contributed by atoms with Crippen LogP contribution in [0.4, 0.5) is 5.69 Å². The molecule has 0 aliphatic heterocycles. The molecule has 0 unspecified atom stereocenters. The van der Waals surface area contributed by atoms with E-state index in [-0.39, 0.29) is 28.5 Å². The van der Waals surface area contributed by atoms with Crippen LogP contribution in [-0.4, -0.2) is 44.1 Å². The smallest absolute Gasteiger partial charge is 0.335 e. The maximum atomic E-state index is 12.0. The minimum absolute atomic E-state index is 0.0917. The number of sulfone groups is 1. The van der Waals surface area contributed by atoms with Crippen LogP contribution in [0.3, 0.4) is 0 Å². The van der Waals surface area contributed by atoms with Crippen molar-refractivity contribution in [3.63, 3.8) is 0 Å². The predicted molar refractivity (Wildman–Crippen MR) is 96.8 cm³/mol. The molecule has 26 heavy (non-hydrogen) atoms. The Morgan fingerprint density at radius 2 is 1.73 bits per heavy atom. The number of carbonyl (C=O) groups is 3. The Balaban J connectivity index is 2.71. The largest absolute Gasteiger partial charge is 0.478 e. The minimum atomic E-state index is -3.62. The van der Waals surface area contributed by atoms with E-state index < -0.39 is 27.1 Å². The van der Waals surface area contributed by atoms with Gasteiger partial charge in [0.05, 0.1) is 10.5 Å². The number of carboxylic acids is 1. The van der Waals surface area contributed by atoms with Gasteiger partial charge in [-0.05, 0) is 24.6 Å². The molecule has 0 saturated heterocycles. The summed E-state index contributed by atoms with van der Waals surface area (Å²) in [4.78, 5) is 34.6. The Bertz CT molecular complexity index is 809. The summed E-state index contributed by atoms with van der Waals surface area (Å²) in [5.41, 5.74) is -0.656. The molecule has 1 aromatic rings. The van der Waals surface area contributed by atoms with Crippen molar-refractivity contribution in [1.82, 2.24) is 5.32 Å². The molecule has 1 rings (SSSR count). The van der Waals surface area contributed by atoms with Gasteiger partial charge in [0, 0.05) is 30.3 Å². The van der Waals surface area contributed by atoms with E-state index in [1.807, 2.05) is 0 Å². The van der Waals surface area contributed by atoms with Crippen molar-refractivity contribution in [3.8, 4) is 0 Å². The van der Waals surface area contributed by atoms with Gasteiger partial charge >= 0.3 is 5.97 Å². The lowest BCUT2D eigenvalue weighted by Gasteiger charge is -2.17. The molecule has 0 atom stereocenters. The van der Waals surface area contributed by atoms with Crippen LogP contribution >= 0.6 is 0 Å². The number of aromatic carboxylic acids is 1. The third kappa shape index (κ3) is 6.83. The van der Waals surface area contributed by atoms with Crippen LogP contribution < -0.4 is 10.6 Å². The monoisotopic (exact) mass is 384 g/mol. The van der Waals surface area contributed by atoms with Crippen molar-refractivity contribution < 1.29 is 27.9 Å². The SMILES string of the molecule is CC(C)(C)C(=O)NCCCC(=O)Nc1cc(C(=O)O)cc(S(C)(=O)=O)c1. The first-order chi connectivity index (χ1) is 11.8. The zero-order valence-corrected chi connectivity index (χ0v) is 16.1. The quantitative estimate of drug-likeness (QED) is 0.613. The van der Waals surface area contributed by atoms with Gasteiger partial charge in [-0.1, -0.05) is 20.8 Å². The summed E-state index contributed by atoms with van der Waals surface area (Å²) in [7, 11) is -3.62. The van der Waals surface area contributed by atoms with Gasteiger partial charge in [-0.3, -0.25) is 9.59 Å².